The van der Waals surface area contributed by atoms with Crippen LogP contribution in [-0.4, -0.2) is 36.9 Å². The molecule has 6 nitrogen and oxygen atoms in total. The Balaban J connectivity index is 1.94. The fourth-order valence-electron chi connectivity index (χ4n) is 2.47. The van der Waals surface area contributed by atoms with Gasteiger partial charge in [-0.1, -0.05) is 60.7 Å². The highest BCUT2D eigenvalue weighted by Gasteiger charge is 2.42. The first-order chi connectivity index (χ1) is 12.6. The first kappa shape index (κ1) is 19.6. The summed E-state index contributed by atoms with van der Waals surface area (Å²) >= 11 is 0. The van der Waals surface area contributed by atoms with Crippen molar-refractivity contribution in [1.29, 1.82) is 0 Å². The third kappa shape index (κ3) is 5.15. The molecule has 138 valence electrons. The number of carboxylic acids is 1. The molecule has 0 radical (unpaired) electrons. The summed E-state index contributed by atoms with van der Waals surface area (Å²) in [7, 11) is 0. The van der Waals surface area contributed by atoms with Crippen LogP contribution in [0.25, 0.3) is 0 Å². The number of hydrogen-bond donors (Lipinski definition) is 1. The number of benzene rings is 2. The Hall–Kier alpha value is -2.70. The third-order valence-electron chi connectivity index (χ3n) is 3.74. The Labute approximate surface area is 152 Å². The molecule has 6 heteroatoms. The normalized spacial score (nSPS) is 13.0. The SMILES string of the molecule is CCOC(COCC(=O)OCc1ccccc1)(C(=O)O)c1ccccc1. The second kappa shape index (κ2) is 9.70. The molecule has 0 heterocycles. The molecule has 0 aliphatic rings. The lowest BCUT2D eigenvalue weighted by Gasteiger charge is -2.29. The molecule has 1 unspecified atom stereocenters. The van der Waals surface area contributed by atoms with Crippen molar-refractivity contribution in [2.45, 2.75) is 19.1 Å². The van der Waals surface area contributed by atoms with Crippen molar-refractivity contribution >= 4 is 11.9 Å². The molecule has 0 fully saturated rings. The molecule has 0 amide bonds. The van der Waals surface area contributed by atoms with E-state index < -0.39 is 17.5 Å². The van der Waals surface area contributed by atoms with Crippen molar-refractivity contribution in [1.82, 2.24) is 0 Å². The summed E-state index contributed by atoms with van der Waals surface area (Å²) in [5.41, 5.74) is -0.359. The van der Waals surface area contributed by atoms with Gasteiger partial charge in [-0.2, -0.15) is 0 Å². The molecule has 0 saturated heterocycles. The van der Waals surface area contributed by atoms with E-state index in [4.69, 9.17) is 14.2 Å². The molecule has 1 N–H and O–H groups in total. The lowest BCUT2D eigenvalue weighted by atomic mass is 9.94. The van der Waals surface area contributed by atoms with Crippen molar-refractivity contribution in [3.63, 3.8) is 0 Å². The van der Waals surface area contributed by atoms with Crippen molar-refractivity contribution < 1.29 is 28.9 Å². The van der Waals surface area contributed by atoms with Gasteiger partial charge in [0.15, 0.2) is 0 Å². The van der Waals surface area contributed by atoms with E-state index in [9.17, 15) is 14.7 Å². The summed E-state index contributed by atoms with van der Waals surface area (Å²) in [5.74, 6) is -1.75. The highest BCUT2D eigenvalue weighted by atomic mass is 16.6. The minimum atomic E-state index is -1.67. The lowest BCUT2D eigenvalue weighted by molar-refractivity contribution is -0.180. The zero-order valence-electron chi connectivity index (χ0n) is 14.6. The third-order valence-corrected chi connectivity index (χ3v) is 3.74. The van der Waals surface area contributed by atoms with Crippen LogP contribution in [0.2, 0.25) is 0 Å². The smallest absolute Gasteiger partial charge is 0.343 e. The zero-order valence-corrected chi connectivity index (χ0v) is 14.6. The van der Waals surface area contributed by atoms with Crippen LogP contribution in [0, 0.1) is 0 Å². The standard InChI is InChI=1S/C20H22O6/c1-2-26-20(19(22)23,17-11-7-4-8-12-17)15-24-14-18(21)25-13-16-9-5-3-6-10-16/h3-12H,2,13-15H2,1H3,(H,22,23). The molecule has 2 aromatic carbocycles. The van der Waals surface area contributed by atoms with Gasteiger partial charge in [-0.15, -0.1) is 0 Å². The summed E-state index contributed by atoms with van der Waals surface area (Å²) in [6.07, 6.45) is 0. The van der Waals surface area contributed by atoms with Gasteiger partial charge in [0.1, 0.15) is 13.2 Å². The van der Waals surface area contributed by atoms with Crippen LogP contribution in [0.4, 0.5) is 0 Å². The van der Waals surface area contributed by atoms with Gasteiger partial charge < -0.3 is 19.3 Å². The number of carbonyl (C=O) groups is 2. The van der Waals surface area contributed by atoms with Crippen LogP contribution in [-0.2, 0) is 36.0 Å². The number of hydrogen-bond acceptors (Lipinski definition) is 5. The van der Waals surface area contributed by atoms with E-state index in [0.29, 0.717) is 5.56 Å². The van der Waals surface area contributed by atoms with E-state index in [-0.39, 0.29) is 26.4 Å². The molecule has 2 rings (SSSR count). The first-order valence-corrected chi connectivity index (χ1v) is 8.28. The average molecular weight is 358 g/mol. The fraction of sp³-hybridized carbons (Fsp3) is 0.300. The van der Waals surface area contributed by atoms with Gasteiger partial charge in [0.25, 0.3) is 0 Å². The minimum absolute atomic E-state index is 0.136. The average Bonchev–Trinajstić information content (AvgIpc) is 2.67. The summed E-state index contributed by atoms with van der Waals surface area (Å²) in [6.45, 7) is 1.36. The lowest BCUT2D eigenvalue weighted by Crippen LogP contribution is -2.43. The number of esters is 1. The number of aliphatic carboxylic acids is 1. The maximum atomic E-state index is 11.9. The van der Waals surface area contributed by atoms with Gasteiger partial charge in [-0.05, 0) is 18.1 Å². The van der Waals surface area contributed by atoms with Crippen molar-refractivity contribution in [3.8, 4) is 0 Å². The van der Waals surface area contributed by atoms with Crippen molar-refractivity contribution in [2.24, 2.45) is 0 Å². The molecule has 1 atom stereocenters. The molecule has 0 bridgehead atoms. The van der Waals surface area contributed by atoms with Gasteiger partial charge in [-0.25, -0.2) is 9.59 Å². The Bertz CT molecular complexity index is 701. The van der Waals surface area contributed by atoms with E-state index in [1.807, 2.05) is 30.3 Å². The Morgan fingerprint density at radius 1 is 1.00 bits per heavy atom. The first-order valence-electron chi connectivity index (χ1n) is 8.28. The minimum Gasteiger partial charge on any atom is -0.479 e. The maximum Gasteiger partial charge on any atom is 0.343 e. The Kier molecular flexibility index (Phi) is 7.32. The van der Waals surface area contributed by atoms with E-state index in [2.05, 4.69) is 0 Å². The van der Waals surface area contributed by atoms with Crippen LogP contribution in [0.1, 0.15) is 18.1 Å². The topological polar surface area (TPSA) is 82.1 Å². The van der Waals surface area contributed by atoms with E-state index in [1.165, 1.54) is 0 Å². The molecule has 26 heavy (non-hydrogen) atoms. The number of ether oxygens (including phenoxy) is 3. The van der Waals surface area contributed by atoms with Gasteiger partial charge in [0.05, 0.1) is 6.61 Å². The fourth-order valence-corrected chi connectivity index (χ4v) is 2.47. The molecular weight excluding hydrogens is 336 g/mol. The van der Waals surface area contributed by atoms with E-state index in [1.54, 1.807) is 37.3 Å². The van der Waals surface area contributed by atoms with Gasteiger partial charge in [-0.3, -0.25) is 0 Å². The second-order valence-electron chi connectivity index (χ2n) is 5.57. The number of carbonyl (C=O) groups excluding carboxylic acids is 1. The zero-order chi connectivity index (χ0) is 18.8. The molecular formula is C20H22O6. The quantitative estimate of drug-likeness (QED) is 0.658. The van der Waals surface area contributed by atoms with Crippen LogP contribution < -0.4 is 0 Å². The molecule has 2 aromatic rings. The number of carboxylic acid groups (broad SMARTS) is 1. The molecule has 0 aromatic heterocycles. The summed E-state index contributed by atoms with van der Waals surface area (Å²) in [4.78, 5) is 23.7. The second-order valence-corrected chi connectivity index (χ2v) is 5.57. The predicted octanol–water partition coefficient (Wildman–Crippen LogP) is 2.76. The molecule has 0 aliphatic carbocycles. The van der Waals surface area contributed by atoms with Gasteiger partial charge in [0, 0.05) is 6.61 Å². The summed E-state index contributed by atoms with van der Waals surface area (Å²) in [5, 5.41) is 9.70. The Morgan fingerprint density at radius 3 is 2.19 bits per heavy atom. The van der Waals surface area contributed by atoms with Crippen LogP contribution >= 0.6 is 0 Å². The van der Waals surface area contributed by atoms with Crippen LogP contribution in [0.15, 0.2) is 60.7 Å². The van der Waals surface area contributed by atoms with Gasteiger partial charge in [0.2, 0.25) is 5.60 Å². The number of rotatable bonds is 10. The van der Waals surface area contributed by atoms with E-state index in [0.717, 1.165) is 5.56 Å². The highest BCUT2D eigenvalue weighted by molar-refractivity contribution is 5.80. The van der Waals surface area contributed by atoms with Crippen molar-refractivity contribution in [3.05, 3.63) is 71.8 Å². The monoisotopic (exact) mass is 358 g/mol. The summed E-state index contributed by atoms with van der Waals surface area (Å²) < 4.78 is 16.0. The largest absolute Gasteiger partial charge is 0.479 e. The van der Waals surface area contributed by atoms with E-state index >= 15 is 0 Å². The Morgan fingerprint density at radius 2 is 1.62 bits per heavy atom. The van der Waals surface area contributed by atoms with Crippen LogP contribution in [0.3, 0.4) is 0 Å². The molecule has 0 aliphatic heterocycles. The summed E-state index contributed by atoms with van der Waals surface area (Å²) in [6, 6.07) is 17.8. The molecule has 0 saturated carbocycles. The van der Waals surface area contributed by atoms with Crippen LogP contribution in [0.5, 0.6) is 0 Å². The maximum absolute atomic E-state index is 11.9. The predicted molar refractivity (Wildman–Crippen MR) is 94.4 cm³/mol. The highest BCUT2D eigenvalue weighted by Crippen LogP contribution is 2.27. The molecule has 0 spiro atoms. The van der Waals surface area contributed by atoms with Gasteiger partial charge >= 0.3 is 11.9 Å². The van der Waals surface area contributed by atoms with Crippen molar-refractivity contribution in [2.75, 3.05) is 19.8 Å².